The molecule has 0 saturated heterocycles. The number of carboxylic acids is 1. The molecule has 0 aliphatic heterocycles. The SMILES string of the molecule is CCN(CC(C)(C)O)C(=O)C1C(C(=O)O)C1(C)C. The van der Waals surface area contributed by atoms with Crippen molar-refractivity contribution in [1.82, 2.24) is 4.90 Å². The summed E-state index contributed by atoms with van der Waals surface area (Å²) in [5.41, 5.74) is -1.46. The number of carbonyl (C=O) groups excluding carboxylic acids is 1. The number of hydrogen-bond donors (Lipinski definition) is 2. The first kappa shape index (κ1) is 15.0. The zero-order valence-corrected chi connectivity index (χ0v) is 11.7. The second-order valence-electron chi connectivity index (χ2n) is 6.28. The molecule has 5 heteroatoms. The number of hydrogen-bond acceptors (Lipinski definition) is 3. The van der Waals surface area contributed by atoms with Crippen molar-refractivity contribution in [2.45, 2.75) is 40.2 Å². The molecule has 0 heterocycles. The van der Waals surface area contributed by atoms with Crippen LogP contribution in [0.4, 0.5) is 0 Å². The Bertz CT molecular complexity index is 356. The molecule has 0 aromatic rings. The molecule has 0 aromatic carbocycles. The third-order valence-corrected chi connectivity index (χ3v) is 3.63. The molecule has 2 atom stereocenters. The summed E-state index contributed by atoms with van der Waals surface area (Å²) >= 11 is 0. The smallest absolute Gasteiger partial charge is 0.307 e. The van der Waals surface area contributed by atoms with E-state index in [-0.39, 0.29) is 12.5 Å². The number of likely N-dealkylation sites (N-methyl/N-ethyl adjacent to an activating group) is 1. The fraction of sp³-hybridized carbons (Fsp3) is 0.846. The van der Waals surface area contributed by atoms with Crippen molar-refractivity contribution in [3.63, 3.8) is 0 Å². The van der Waals surface area contributed by atoms with Gasteiger partial charge in [0.05, 0.1) is 17.4 Å². The van der Waals surface area contributed by atoms with E-state index in [1.165, 1.54) is 4.90 Å². The molecule has 1 amide bonds. The van der Waals surface area contributed by atoms with Crippen molar-refractivity contribution in [2.24, 2.45) is 17.3 Å². The summed E-state index contributed by atoms with van der Waals surface area (Å²) in [6, 6.07) is 0. The van der Waals surface area contributed by atoms with E-state index in [4.69, 9.17) is 5.11 Å². The number of aliphatic hydroxyl groups is 1. The van der Waals surface area contributed by atoms with E-state index >= 15 is 0 Å². The molecule has 5 nitrogen and oxygen atoms in total. The molecule has 104 valence electrons. The molecule has 0 bridgehead atoms. The first-order valence-electron chi connectivity index (χ1n) is 6.26. The minimum absolute atomic E-state index is 0.169. The van der Waals surface area contributed by atoms with Crippen molar-refractivity contribution < 1.29 is 19.8 Å². The molecule has 1 fully saturated rings. The van der Waals surface area contributed by atoms with Gasteiger partial charge < -0.3 is 15.1 Å². The second-order valence-corrected chi connectivity index (χ2v) is 6.28. The van der Waals surface area contributed by atoms with Crippen molar-refractivity contribution in [3.05, 3.63) is 0 Å². The maximum atomic E-state index is 12.3. The fourth-order valence-corrected chi connectivity index (χ4v) is 2.57. The third-order valence-electron chi connectivity index (χ3n) is 3.63. The highest BCUT2D eigenvalue weighted by Gasteiger charge is 2.66. The lowest BCUT2D eigenvalue weighted by molar-refractivity contribution is -0.142. The van der Waals surface area contributed by atoms with Crippen molar-refractivity contribution in [2.75, 3.05) is 13.1 Å². The van der Waals surface area contributed by atoms with E-state index in [2.05, 4.69) is 0 Å². The molecule has 1 aliphatic rings. The molecule has 0 radical (unpaired) electrons. The molecular weight excluding hydrogens is 234 g/mol. The predicted octanol–water partition coefficient (Wildman–Crippen LogP) is 0.963. The molecule has 2 N–H and O–H groups in total. The monoisotopic (exact) mass is 257 g/mol. The van der Waals surface area contributed by atoms with Crippen molar-refractivity contribution in [1.29, 1.82) is 0 Å². The number of carboxylic acid groups (broad SMARTS) is 1. The van der Waals surface area contributed by atoms with Crippen LogP contribution in [0.15, 0.2) is 0 Å². The maximum Gasteiger partial charge on any atom is 0.307 e. The van der Waals surface area contributed by atoms with Crippen LogP contribution in [0.3, 0.4) is 0 Å². The lowest BCUT2D eigenvalue weighted by Gasteiger charge is -2.28. The zero-order chi connectivity index (χ0) is 14.3. The normalized spacial score (nSPS) is 25.7. The van der Waals surface area contributed by atoms with Gasteiger partial charge in [-0.2, -0.15) is 0 Å². The predicted molar refractivity (Wildman–Crippen MR) is 66.9 cm³/mol. The first-order chi connectivity index (χ1) is 8.02. The average Bonchev–Trinajstić information content (AvgIpc) is 2.75. The summed E-state index contributed by atoms with van der Waals surface area (Å²) in [5.74, 6) is -2.17. The fourth-order valence-electron chi connectivity index (χ4n) is 2.57. The van der Waals surface area contributed by atoms with Crippen LogP contribution in [0.1, 0.15) is 34.6 Å². The Morgan fingerprint density at radius 3 is 2.06 bits per heavy atom. The third kappa shape index (κ3) is 2.83. The van der Waals surface area contributed by atoms with Crippen LogP contribution >= 0.6 is 0 Å². The molecular formula is C13H23NO4. The lowest BCUT2D eigenvalue weighted by atomic mass is 10.1. The lowest BCUT2D eigenvalue weighted by Crippen LogP contribution is -2.43. The molecule has 1 rings (SSSR count). The highest BCUT2D eigenvalue weighted by Crippen LogP contribution is 2.59. The minimum atomic E-state index is -0.969. The maximum absolute atomic E-state index is 12.3. The Morgan fingerprint density at radius 1 is 1.28 bits per heavy atom. The number of nitrogens with zero attached hydrogens (tertiary/aromatic N) is 1. The van der Waals surface area contributed by atoms with Crippen LogP contribution < -0.4 is 0 Å². The molecule has 1 aliphatic carbocycles. The number of aliphatic carboxylic acids is 1. The number of amides is 1. The molecule has 2 unspecified atom stereocenters. The molecule has 0 aromatic heterocycles. The Kier molecular flexibility index (Phi) is 3.77. The van der Waals surface area contributed by atoms with E-state index in [0.717, 1.165) is 0 Å². The quantitative estimate of drug-likeness (QED) is 0.769. The van der Waals surface area contributed by atoms with E-state index in [1.54, 1.807) is 27.7 Å². The van der Waals surface area contributed by atoms with Gasteiger partial charge in [0.15, 0.2) is 0 Å². The van der Waals surface area contributed by atoms with Gasteiger partial charge in [0.25, 0.3) is 0 Å². The summed E-state index contributed by atoms with van der Waals surface area (Å²) in [6.45, 7) is 9.39. The number of rotatable bonds is 5. The largest absolute Gasteiger partial charge is 0.481 e. The van der Waals surface area contributed by atoms with Gasteiger partial charge in [-0.1, -0.05) is 13.8 Å². The van der Waals surface area contributed by atoms with Gasteiger partial charge in [-0.3, -0.25) is 9.59 Å². The Morgan fingerprint density at radius 2 is 1.78 bits per heavy atom. The van der Waals surface area contributed by atoms with Crippen LogP contribution in [0.25, 0.3) is 0 Å². The van der Waals surface area contributed by atoms with Crippen LogP contribution in [-0.4, -0.2) is 45.7 Å². The molecule has 18 heavy (non-hydrogen) atoms. The first-order valence-corrected chi connectivity index (χ1v) is 6.26. The average molecular weight is 257 g/mol. The molecule has 0 spiro atoms. The minimum Gasteiger partial charge on any atom is -0.481 e. The van der Waals surface area contributed by atoms with E-state index in [0.29, 0.717) is 6.54 Å². The van der Waals surface area contributed by atoms with Crippen LogP contribution in [0, 0.1) is 17.3 Å². The second kappa shape index (κ2) is 4.53. The standard InChI is InChI=1S/C13H23NO4/c1-6-14(7-12(2,3)18)10(15)8-9(11(16)17)13(8,4)5/h8-9,18H,6-7H2,1-5H3,(H,16,17). The zero-order valence-electron chi connectivity index (χ0n) is 11.7. The van der Waals surface area contributed by atoms with Crippen molar-refractivity contribution >= 4 is 11.9 Å². The van der Waals surface area contributed by atoms with E-state index < -0.39 is 28.8 Å². The summed E-state index contributed by atoms with van der Waals surface area (Å²) in [4.78, 5) is 24.9. The van der Waals surface area contributed by atoms with Crippen LogP contribution in [0.5, 0.6) is 0 Å². The molecule has 1 saturated carbocycles. The summed E-state index contributed by atoms with van der Waals surface area (Å²) < 4.78 is 0. The van der Waals surface area contributed by atoms with Gasteiger partial charge in [-0.05, 0) is 26.2 Å². The van der Waals surface area contributed by atoms with Crippen LogP contribution in [0.2, 0.25) is 0 Å². The van der Waals surface area contributed by atoms with Crippen LogP contribution in [-0.2, 0) is 9.59 Å². The van der Waals surface area contributed by atoms with Gasteiger partial charge in [0, 0.05) is 13.1 Å². The van der Waals surface area contributed by atoms with E-state index in [9.17, 15) is 14.7 Å². The number of carbonyl (C=O) groups is 2. The Labute approximate surface area is 108 Å². The summed E-state index contributed by atoms with van der Waals surface area (Å²) in [6.07, 6.45) is 0. The highest BCUT2D eigenvalue weighted by molar-refractivity contribution is 5.91. The highest BCUT2D eigenvalue weighted by atomic mass is 16.4. The van der Waals surface area contributed by atoms with Gasteiger partial charge in [0.2, 0.25) is 5.91 Å². The summed E-state index contributed by atoms with van der Waals surface area (Å²) in [7, 11) is 0. The summed E-state index contributed by atoms with van der Waals surface area (Å²) in [5, 5.41) is 18.8. The Hall–Kier alpha value is -1.10. The van der Waals surface area contributed by atoms with Gasteiger partial charge in [-0.15, -0.1) is 0 Å². The van der Waals surface area contributed by atoms with Crippen molar-refractivity contribution in [3.8, 4) is 0 Å². The van der Waals surface area contributed by atoms with E-state index in [1.807, 2.05) is 6.92 Å². The van der Waals surface area contributed by atoms with Gasteiger partial charge in [-0.25, -0.2) is 0 Å². The van der Waals surface area contributed by atoms with Gasteiger partial charge >= 0.3 is 5.97 Å². The van der Waals surface area contributed by atoms with Gasteiger partial charge in [0.1, 0.15) is 0 Å². The Balaban J connectivity index is 2.79. The topological polar surface area (TPSA) is 77.8 Å².